The summed E-state index contributed by atoms with van der Waals surface area (Å²) in [5.41, 5.74) is 2.41. The van der Waals surface area contributed by atoms with Gasteiger partial charge in [0.05, 0.1) is 11.9 Å². The molecule has 2 aromatic rings. The molecule has 2 rings (SSSR count). The highest BCUT2D eigenvalue weighted by atomic mass is 35.5. The Hall–Kier alpha value is -2.05. The highest BCUT2D eigenvalue weighted by molar-refractivity contribution is 7.92. The van der Waals surface area contributed by atoms with Gasteiger partial charge in [-0.25, -0.2) is 8.42 Å². The SMILES string of the molecule is Cc1ccc(N([C@@H](C)C(=O)N[C@H](C)CCc2ccccc2)S(C)(=O)=O)cc1Cl. The van der Waals surface area contributed by atoms with Gasteiger partial charge in [0.2, 0.25) is 15.9 Å². The third kappa shape index (κ3) is 5.97. The number of aryl methyl sites for hydroxylation is 2. The number of benzene rings is 2. The summed E-state index contributed by atoms with van der Waals surface area (Å²) < 4.78 is 25.9. The molecule has 152 valence electrons. The topological polar surface area (TPSA) is 66.5 Å². The van der Waals surface area contributed by atoms with E-state index >= 15 is 0 Å². The second-order valence-corrected chi connectivity index (χ2v) is 9.37. The summed E-state index contributed by atoms with van der Waals surface area (Å²) in [5, 5.41) is 3.37. The first-order chi connectivity index (χ1) is 13.1. The first kappa shape index (κ1) is 22.2. The summed E-state index contributed by atoms with van der Waals surface area (Å²) in [6.07, 6.45) is 2.68. The Kier molecular flexibility index (Phi) is 7.49. The number of nitrogens with zero attached hydrogens (tertiary/aromatic N) is 1. The lowest BCUT2D eigenvalue weighted by Crippen LogP contribution is -2.50. The fraction of sp³-hybridized carbons (Fsp3) is 0.381. The van der Waals surface area contributed by atoms with Gasteiger partial charge in [-0.15, -0.1) is 0 Å². The van der Waals surface area contributed by atoms with Crippen LogP contribution in [0.15, 0.2) is 48.5 Å². The largest absolute Gasteiger partial charge is 0.352 e. The molecule has 0 spiro atoms. The molecule has 0 aliphatic heterocycles. The van der Waals surface area contributed by atoms with Gasteiger partial charge >= 0.3 is 0 Å². The van der Waals surface area contributed by atoms with Gasteiger partial charge < -0.3 is 5.32 Å². The van der Waals surface area contributed by atoms with E-state index in [1.165, 1.54) is 5.56 Å². The van der Waals surface area contributed by atoms with Crippen LogP contribution in [-0.2, 0) is 21.2 Å². The van der Waals surface area contributed by atoms with E-state index in [-0.39, 0.29) is 11.9 Å². The number of amides is 1. The van der Waals surface area contributed by atoms with E-state index < -0.39 is 16.1 Å². The lowest BCUT2D eigenvalue weighted by Gasteiger charge is -2.29. The summed E-state index contributed by atoms with van der Waals surface area (Å²) in [4.78, 5) is 12.7. The lowest BCUT2D eigenvalue weighted by atomic mass is 10.1. The van der Waals surface area contributed by atoms with Crippen LogP contribution >= 0.6 is 11.6 Å². The van der Waals surface area contributed by atoms with Crippen molar-refractivity contribution in [2.75, 3.05) is 10.6 Å². The Labute approximate surface area is 172 Å². The summed E-state index contributed by atoms with van der Waals surface area (Å²) >= 11 is 6.15. The second kappa shape index (κ2) is 9.43. The van der Waals surface area contributed by atoms with E-state index in [0.29, 0.717) is 10.7 Å². The monoisotopic (exact) mass is 422 g/mol. The summed E-state index contributed by atoms with van der Waals surface area (Å²) in [6.45, 7) is 5.33. The summed E-state index contributed by atoms with van der Waals surface area (Å²) in [6, 6.07) is 14.0. The zero-order valence-corrected chi connectivity index (χ0v) is 18.2. The Morgan fingerprint density at radius 2 is 1.79 bits per heavy atom. The maximum atomic E-state index is 12.7. The molecule has 0 radical (unpaired) electrons. The fourth-order valence-electron chi connectivity index (χ4n) is 2.99. The molecule has 5 nitrogen and oxygen atoms in total. The van der Waals surface area contributed by atoms with Crippen molar-refractivity contribution in [2.24, 2.45) is 0 Å². The lowest BCUT2D eigenvalue weighted by molar-refractivity contribution is -0.122. The molecule has 1 N–H and O–H groups in total. The minimum atomic E-state index is -3.67. The standard InChI is InChI=1S/C21H27ClN2O3S/c1-15-10-13-19(14-20(15)22)24(28(4,26)27)17(3)21(25)23-16(2)11-12-18-8-6-5-7-9-18/h5-10,13-14,16-17H,11-12H2,1-4H3,(H,23,25)/t16-,17+/m1/s1. The van der Waals surface area contributed by atoms with Crippen molar-refractivity contribution < 1.29 is 13.2 Å². The number of carbonyl (C=O) groups is 1. The van der Waals surface area contributed by atoms with Crippen molar-refractivity contribution in [1.29, 1.82) is 0 Å². The van der Waals surface area contributed by atoms with Gasteiger partial charge in [0.15, 0.2) is 0 Å². The number of halogens is 1. The summed E-state index contributed by atoms with van der Waals surface area (Å²) in [7, 11) is -3.67. The van der Waals surface area contributed by atoms with Gasteiger partial charge in [0.1, 0.15) is 6.04 Å². The summed E-state index contributed by atoms with van der Waals surface area (Å²) in [5.74, 6) is -0.345. The van der Waals surface area contributed by atoms with E-state index in [1.54, 1.807) is 25.1 Å². The van der Waals surface area contributed by atoms with Gasteiger partial charge in [-0.1, -0.05) is 48.0 Å². The van der Waals surface area contributed by atoms with Gasteiger partial charge in [0, 0.05) is 11.1 Å². The van der Waals surface area contributed by atoms with Gasteiger partial charge in [0.25, 0.3) is 0 Å². The van der Waals surface area contributed by atoms with Crippen LogP contribution < -0.4 is 9.62 Å². The van der Waals surface area contributed by atoms with Crippen LogP contribution in [-0.4, -0.2) is 32.7 Å². The molecular weight excluding hydrogens is 396 g/mol. The number of hydrogen-bond donors (Lipinski definition) is 1. The second-order valence-electron chi connectivity index (χ2n) is 7.10. The molecule has 0 bridgehead atoms. The van der Waals surface area contributed by atoms with E-state index in [1.807, 2.05) is 44.2 Å². The van der Waals surface area contributed by atoms with Gasteiger partial charge in [-0.2, -0.15) is 0 Å². The molecule has 7 heteroatoms. The van der Waals surface area contributed by atoms with E-state index in [0.717, 1.165) is 29.0 Å². The molecule has 28 heavy (non-hydrogen) atoms. The zero-order chi connectivity index (χ0) is 20.9. The molecule has 2 aromatic carbocycles. The highest BCUT2D eigenvalue weighted by Crippen LogP contribution is 2.26. The number of rotatable bonds is 8. The average Bonchev–Trinajstić information content (AvgIpc) is 2.62. The highest BCUT2D eigenvalue weighted by Gasteiger charge is 2.30. The molecule has 0 saturated heterocycles. The first-order valence-corrected chi connectivity index (χ1v) is 11.4. The molecule has 0 saturated carbocycles. The Morgan fingerprint density at radius 3 is 2.36 bits per heavy atom. The Morgan fingerprint density at radius 1 is 1.14 bits per heavy atom. The van der Waals surface area contributed by atoms with Gasteiger partial charge in [-0.3, -0.25) is 9.10 Å². The van der Waals surface area contributed by atoms with E-state index in [4.69, 9.17) is 11.6 Å². The number of hydrogen-bond acceptors (Lipinski definition) is 3. The van der Waals surface area contributed by atoms with Crippen molar-refractivity contribution in [1.82, 2.24) is 5.32 Å². The maximum absolute atomic E-state index is 12.7. The predicted molar refractivity (Wildman–Crippen MR) is 115 cm³/mol. The number of anilines is 1. The number of carbonyl (C=O) groups excluding carboxylic acids is 1. The Bertz CT molecular complexity index is 917. The maximum Gasteiger partial charge on any atom is 0.243 e. The molecule has 0 aliphatic carbocycles. The number of nitrogens with one attached hydrogen (secondary N) is 1. The minimum absolute atomic E-state index is 0.0850. The fourth-order valence-corrected chi connectivity index (χ4v) is 4.33. The third-order valence-electron chi connectivity index (χ3n) is 4.60. The van der Waals surface area contributed by atoms with E-state index in [2.05, 4.69) is 5.32 Å². The van der Waals surface area contributed by atoms with Crippen molar-refractivity contribution in [2.45, 2.75) is 45.7 Å². The quantitative estimate of drug-likeness (QED) is 0.700. The smallest absolute Gasteiger partial charge is 0.243 e. The van der Waals surface area contributed by atoms with Crippen molar-refractivity contribution >= 4 is 33.2 Å². The van der Waals surface area contributed by atoms with Crippen LogP contribution in [0.4, 0.5) is 5.69 Å². The molecule has 0 aromatic heterocycles. The van der Waals surface area contributed by atoms with Crippen LogP contribution in [0.5, 0.6) is 0 Å². The van der Waals surface area contributed by atoms with Crippen molar-refractivity contribution in [3.8, 4) is 0 Å². The molecular formula is C21H27ClN2O3S. The van der Waals surface area contributed by atoms with Crippen LogP contribution in [0, 0.1) is 6.92 Å². The van der Waals surface area contributed by atoms with Crippen LogP contribution in [0.2, 0.25) is 5.02 Å². The molecule has 0 aliphatic rings. The molecule has 1 amide bonds. The normalized spacial score (nSPS) is 13.6. The van der Waals surface area contributed by atoms with Gasteiger partial charge in [-0.05, 0) is 56.9 Å². The molecule has 0 fully saturated rings. The zero-order valence-electron chi connectivity index (χ0n) is 16.6. The minimum Gasteiger partial charge on any atom is -0.352 e. The van der Waals surface area contributed by atoms with Crippen molar-refractivity contribution in [3.63, 3.8) is 0 Å². The van der Waals surface area contributed by atoms with Crippen LogP contribution in [0.3, 0.4) is 0 Å². The Balaban J connectivity index is 2.09. The van der Waals surface area contributed by atoms with Crippen molar-refractivity contribution in [3.05, 3.63) is 64.7 Å². The van der Waals surface area contributed by atoms with Crippen LogP contribution in [0.1, 0.15) is 31.4 Å². The molecule has 0 unspecified atom stereocenters. The molecule has 2 atom stereocenters. The average molecular weight is 423 g/mol. The van der Waals surface area contributed by atoms with Crippen LogP contribution in [0.25, 0.3) is 0 Å². The first-order valence-electron chi connectivity index (χ1n) is 9.19. The predicted octanol–water partition coefficient (Wildman–Crippen LogP) is 3.94. The number of sulfonamides is 1. The third-order valence-corrected chi connectivity index (χ3v) is 6.24. The molecule has 0 heterocycles. The van der Waals surface area contributed by atoms with E-state index in [9.17, 15) is 13.2 Å².